The molecule has 1 fully saturated rings. The number of carbonyl (C=O) groups excluding carboxylic acids is 2. The van der Waals surface area contributed by atoms with E-state index in [2.05, 4.69) is 11.9 Å². The van der Waals surface area contributed by atoms with Gasteiger partial charge in [0.15, 0.2) is 0 Å². The average Bonchev–Trinajstić information content (AvgIpc) is 2.33. The number of amides is 1. The minimum atomic E-state index is -0.508. The van der Waals surface area contributed by atoms with E-state index >= 15 is 0 Å². The topological polar surface area (TPSA) is 73.9 Å². The maximum atomic E-state index is 11.4. The summed E-state index contributed by atoms with van der Waals surface area (Å²) in [5.74, 6) is -0.466. The molecule has 19 heavy (non-hydrogen) atoms. The average molecular weight is 271 g/mol. The van der Waals surface area contributed by atoms with Gasteiger partial charge in [0.1, 0.15) is 13.2 Å². The molecule has 1 amide bonds. The van der Waals surface area contributed by atoms with Crippen LogP contribution in [0.1, 0.15) is 20.3 Å². The van der Waals surface area contributed by atoms with Crippen LogP contribution in [0.15, 0.2) is 12.2 Å². The van der Waals surface area contributed by atoms with Crippen molar-refractivity contribution in [2.24, 2.45) is 5.41 Å². The van der Waals surface area contributed by atoms with Crippen LogP contribution in [-0.2, 0) is 19.0 Å². The summed E-state index contributed by atoms with van der Waals surface area (Å²) in [6.45, 7) is 8.99. The molecule has 6 heteroatoms. The van der Waals surface area contributed by atoms with E-state index in [1.807, 2.05) is 6.92 Å². The van der Waals surface area contributed by atoms with Gasteiger partial charge in [-0.25, -0.2) is 9.59 Å². The number of esters is 1. The second kappa shape index (κ2) is 7.13. The number of carbonyl (C=O) groups is 2. The summed E-state index contributed by atoms with van der Waals surface area (Å²) in [5, 5.41) is 2.51. The Morgan fingerprint density at radius 3 is 2.53 bits per heavy atom. The molecular weight excluding hydrogens is 250 g/mol. The van der Waals surface area contributed by atoms with Gasteiger partial charge >= 0.3 is 12.1 Å². The smallest absolute Gasteiger partial charge is 0.407 e. The van der Waals surface area contributed by atoms with Gasteiger partial charge in [-0.1, -0.05) is 13.5 Å². The molecule has 1 heterocycles. The predicted molar refractivity (Wildman–Crippen MR) is 68.7 cm³/mol. The number of rotatable bonds is 7. The fraction of sp³-hybridized carbons (Fsp3) is 0.692. The summed E-state index contributed by atoms with van der Waals surface area (Å²) >= 11 is 0. The van der Waals surface area contributed by atoms with Crippen LogP contribution in [0, 0.1) is 5.41 Å². The van der Waals surface area contributed by atoms with Gasteiger partial charge in [-0.05, 0) is 13.3 Å². The highest BCUT2D eigenvalue weighted by Crippen LogP contribution is 2.31. The normalized spacial score (nSPS) is 16.1. The number of alkyl carbamates (subject to hydrolysis) is 1. The van der Waals surface area contributed by atoms with Crippen molar-refractivity contribution in [3.63, 3.8) is 0 Å². The van der Waals surface area contributed by atoms with Crippen molar-refractivity contribution in [2.45, 2.75) is 20.3 Å². The van der Waals surface area contributed by atoms with Crippen molar-refractivity contribution in [3.8, 4) is 0 Å². The molecule has 6 nitrogen and oxygen atoms in total. The molecule has 0 radical (unpaired) electrons. The summed E-state index contributed by atoms with van der Waals surface area (Å²) in [4.78, 5) is 22.4. The molecule has 0 aliphatic carbocycles. The van der Waals surface area contributed by atoms with Gasteiger partial charge in [-0.2, -0.15) is 0 Å². The summed E-state index contributed by atoms with van der Waals surface area (Å²) in [6.07, 6.45) is 0.405. The lowest BCUT2D eigenvalue weighted by Crippen LogP contribution is -2.47. The van der Waals surface area contributed by atoms with Crippen molar-refractivity contribution < 1.29 is 23.8 Å². The lowest BCUT2D eigenvalue weighted by Gasteiger charge is -2.39. The van der Waals surface area contributed by atoms with E-state index in [0.717, 1.165) is 6.42 Å². The molecule has 1 N–H and O–H groups in total. The Hall–Kier alpha value is -1.56. The molecule has 0 aromatic carbocycles. The molecule has 0 aromatic rings. The summed E-state index contributed by atoms with van der Waals surface area (Å²) in [6, 6.07) is 0. The zero-order chi connectivity index (χ0) is 14.3. The number of hydrogen-bond acceptors (Lipinski definition) is 5. The molecule has 0 spiro atoms. The Morgan fingerprint density at radius 1 is 1.37 bits per heavy atom. The minimum absolute atomic E-state index is 0.0240. The largest absolute Gasteiger partial charge is 0.460 e. The van der Waals surface area contributed by atoms with Crippen LogP contribution in [0.25, 0.3) is 0 Å². The Balaban J connectivity index is 2.08. The number of ether oxygens (including phenoxy) is 3. The zero-order valence-corrected chi connectivity index (χ0v) is 11.5. The first kappa shape index (κ1) is 15.5. The predicted octanol–water partition coefficient (Wildman–Crippen LogP) is 1.26. The van der Waals surface area contributed by atoms with E-state index in [-0.39, 0.29) is 18.6 Å². The van der Waals surface area contributed by atoms with E-state index in [1.54, 1.807) is 6.92 Å². The summed E-state index contributed by atoms with van der Waals surface area (Å²) < 4.78 is 15.1. The van der Waals surface area contributed by atoms with Crippen molar-refractivity contribution in [2.75, 3.05) is 33.0 Å². The SMILES string of the molecule is C=C(C)C(=O)OCCNC(=O)OCC1(CC)COC1. The van der Waals surface area contributed by atoms with Crippen molar-refractivity contribution in [1.82, 2.24) is 5.32 Å². The molecule has 1 saturated heterocycles. The highest BCUT2D eigenvalue weighted by atomic mass is 16.6. The number of nitrogens with one attached hydrogen (secondary N) is 1. The second-order valence-electron chi connectivity index (χ2n) is 4.77. The maximum Gasteiger partial charge on any atom is 0.407 e. The molecule has 1 aliphatic rings. The van der Waals surface area contributed by atoms with Crippen LogP contribution in [0.4, 0.5) is 4.79 Å². The molecule has 0 saturated carbocycles. The van der Waals surface area contributed by atoms with E-state index in [4.69, 9.17) is 14.2 Å². The van der Waals surface area contributed by atoms with Crippen molar-refractivity contribution >= 4 is 12.1 Å². The lowest BCUT2D eigenvalue weighted by atomic mass is 9.84. The van der Waals surface area contributed by atoms with E-state index in [1.165, 1.54) is 0 Å². The van der Waals surface area contributed by atoms with Gasteiger partial charge < -0.3 is 19.5 Å². The van der Waals surface area contributed by atoms with Crippen LogP contribution in [0.3, 0.4) is 0 Å². The summed E-state index contributed by atoms with van der Waals surface area (Å²) in [5.41, 5.74) is 0.307. The number of hydrogen-bond donors (Lipinski definition) is 1. The third-order valence-electron chi connectivity index (χ3n) is 3.03. The third kappa shape index (κ3) is 4.90. The van der Waals surface area contributed by atoms with Gasteiger partial charge in [0.25, 0.3) is 0 Å². The van der Waals surface area contributed by atoms with Crippen LogP contribution in [-0.4, -0.2) is 45.0 Å². The van der Waals surface area contributed by atoms with Gasteiger partial charge in [0, 0.05) is 5.57 Å². The maximum absolute atomic E-state index is 11.4. The van der Waals surface area contributed by atoms with Crippen LogP contribution >= 0.6 is 0 Å². The van der Waals surface area contributed by atoms with Crippen LogP contribution in [0.2, 0.25) is 0 Å². The Kier molecular flexibility index (Phi) is 5.82. The van der Waals surface area contributed by atoms with Crippen molar-refractivity contribution in [3.05, 3.63) is 12.2 Å². The Bertz CT molecular complexity index is 343. The molecule has 1 aliphatic heterocycles. The van der Waals surface area contributed by atoms with Crippen molar-refractivity contribution in [1.29, 1.82) is 0 Å². The van der Waals surface area contributed by atoms with Gasteiger partial charge in [0.2, 0.25) is 0 Å². The van der Waals surface area contributed by atoms with Gasteiger partial charge in [0.05, 0.1) is 25.2 Å². The molecule has 0 atom stereocenters. The third-order valence-corrected chi connectivity index (χ3v) is 3.03. The summed E-state index contributed by atoms with van der Waals surface area (Å²) in [7, 11) is 0. The Morgan fingerprint density at radius 2 is 2.05 bits per heavy atom. The lowest BCUT2D eigenvalue weighted by molar-refractivity contribution is -0.140. The monoisotopic (exact) mass is 271 g/mol. The molecule has 108 valence electrons. The zero-order valence-electron chi connectivity index (χ0n) is 11.5. The molecule has 0 unspecified atom stereocenters. The van der Waals surface area contributed by atoms with Crippen LogP contribution < -0.4 is 5.32 Å². The highest BCUT2D eigenvalue weighted by molar-refractivity contribution is 5.86. The molecule has 0 aromatic heterocycles. The highest BCUT2D eigenvalue weighted by Gasteiger charge is 2.38. The van der Waals surface area contributed by atoms with E-state index in [0.29, 0.717) is 25.4 Å². The quantitative estimate of drug-likeness (QED) is 0.428. The second-order valence-corrected chi connectivity index (χ2v) is 4.77. The molecule has 0 bridgehead atoms. The minimum Gasteiger partial charge on any atom is -0.460 e. The fourth-order valence-electron chi connectivity index (χ4n) is 1.47. The first-order valence-corrected chi connectivity index (χ1v) is 6.30. The van der Waals surface area contributed by atoms with E-state index in [9.17, 15) is 9.59 Å². The Labute approximate surface area is 113 Å². The van der Waals surface area contributed by atoms with Crippen LogP contribution in [0.5, 0.6) is 0 Å². The van der Waals surface area contributed by atoms with E-state index < -0.39 is 12.1 Å². The molecular formula is C13H21NO5. The first-order chi connectivity index (χ1) is 8.99. The first-order valence-electron chi connectivity index (χ1n) is 6.30. The fourth-order valence-corrected chi connectivity index (χ4v) is 1.47. The van der Waals surface area contributed by atoms with Gasteiger partial charge in [-0.15, -0.1) is 0 Å². The molecule has 1 rings (SSSR count). The van der Waals surface area contributed by atoms with Gasteiger partial charge in [-0.3, -0.25) is 0 Å². The standard InChI is InChI=1S/C13H21NO5/c1-4-13(7-17-8-13)9-19-12(16)14-5-6-18-11(15)10(2)3/h2,4-9H2,1,3H3,(H,14,16).